The second-order valence-corrected chi connectivity index (χ2v) is 11.4. The summed E-state index contributed by atoms with van der Waals surface area (Å²) in [6.45, 7) is 2.20. The summed E-state index contributed by atoms with van der Waals surface area (Å²) in [5.41, 5.74) is 1.99. The van der Waals surface area contributed by atoms with Crippen molar-refractivity contribution in [3.05, 3.63) is 108 Å². The van der Waals surface area contributed by atoms with E-state index in [4.69, 9.17) is 9.47 Å². The Bertz CT molecular complexity index is 987. The van der Waals surface area contributed by atoms with Crippen molar-refractivity contribution in [3.8, 4) is 0 Å². The molecule has 42 heavy (non-hydrogen) atoms. The first-order valence-electron chi connectivity index (χ1n) is 16.3. The third kappa shape index (κ3) is 11.4. The van der Waals surface area contributed by atoms with Crippen LogP contribution in [0, 0.1) is 0 Å². The van der Waals surface area contributed by atoms with Gasteiger partial charge in [-0.15, -0.1) is 0 Å². The Morgan fingerprint density at radius 1 is 0.595 bits per heavy atom. The van der Waals surface area contributed by atoms with Crippen LogP contribution in [0.3, 0.4) is 0 Å². The van der Waals surface area contributed by atoms with Gasteiger partial charge in [-0.2, -0.15) is 0 Å². The summed E-state index contributed by atoms with van der Waals surface area (Å²) in [6.07, 6.45) is 16.0. The molecule has 0 heterocycles. The van der Waals surface area contributed by atoms with Crippen molar-refractivity contribution in [2.75, 3.05) is 13.2 Å². The lowest BCUT2D eigenvalue weighted by Crippen LogP contribution is -2.37. The van der Waals surface area contributed by atoms with Gasteiger partial charge < -0.3 is 14.6 Å². The molecule has 4 nitrogen and oxygen atoms in total. The highest BCUT2D eigenvalue weighted by Gasteiger charge is 2.38. The van der Waals surface area contributed by atoms with Crippen molar-refractivity contribution in [2.24, 2.45) is 0 Å². The van der Waals surface area contributed by atoms with Crippen molar-refractivity contribution in [3.63, 3.8) is 0 Å². The van der Waals surface area contributed by atoms with Crippen molar-refractivity contribution in [2.45, 2.75) is 109 Å². The van der Waals surface area contributed by atoms with Gasteiger partial charge in [-0.1, -0.05) is 175 Å². The second-order valence-electron chi connectivity index (χ2n) is 11.4. The van der Waals surface area contributed by atoms with Gasteiger partial charge in [0.05, 0.1) is 6.61 Å². The van der Waals surface area contributed by atoms with E-state index in [1.807, 2.05) is 91.0 Å². The number of aliphatic hydroxyl groups excluding tert-OH is 1. The Kier molecular flexibility index (Phi) is 16.0. The van der Waals surface area contributed by atoms with E-state index < -0.39 is 11.7 Å². The third-order valence-corrected chi connectivity index (χ3v) is 7.95. The van der Waals surface area contributed by atoms with Crippen LogP contribution < -0.4 is 0 Å². The molecule has 1 N–H and O–H groups in total. The molecular formula is C38H52O4. The van der Waals surface area contributed by atoms with Crippen LogP contribution in [0.5, 0.6) is 0 Å². The van der Waals surface area contributed by atoms with Crippen LogP contribution in [-0.2, 0) is 19.9 Å². The molecule has 3 aromatic rings. The van der Waals surface area contributed by atoms with Crippen LogP contribution in [0.2, 0.25) is 0 Å². The topological polar surface area (TPSA) is 55.8 Å². The summed E-state index contributed by atoms with van der Waals surface area (Å²) in [5, 5.41) is 10.8. The van der Waals surface area contributed by atoms with E-state index >= 15 is 0 Å². The van der Waals surface area contributed by atoms with Crippen LogP contribution in [0.4, 0.5) is 0 Å². The van der Waals surface area contributed by atoms with Crippen LogP contribution in [-0.4, -0.2) is 30.4 Å². The van der Waals surface area contributed by atoms with Crippen LogP contribution >= 0.6 is 0 Å². The van der Waals surface area contributed by atoms with Gasteiger partial charge in [0, 0.05) is 6.42 Å². The molecule has 0 aromatic heterocycles. The summed E-state index contributed by atoms with van der Waals surface area (Å²) in [7, 11) is 0. The molecule has 3 aromatic carbocycles. The molecule has 0 radical (unpaired) electrons. The fourth-order valence-electron chi connectivity index (χ4n) is 5.59. The highest BCUT2D eigenvalue weighted by molar-refractivity contribution is 5.69. The van der Waals surface area contributed by atoms with E-state index in [9.17, 15) is 9.90 Å². The zero-order valence-electron chi connectivity index (χ0n) is 25.7. The first-order chi connectivity index (χ1) is 20.7. The number of aliphatic hydroxyl groups is 1. The molecule has 0 amide bonds. The summed E-state index contributed by atoms with van der Waals surface area (Å²) in [6, 6.07) is 30.2. The van der Waals surface area contributed by atoms with Crippen molar-refractivity contribution < 1.29 is 19.4 Å². The van der Waals surface area contributed by atoms with E-state index in [0.717, 1.165) is 29.5 Å². The smallest absolute Gasteiger partial charge is 0.305 e. The van der Waals surface area contributed by atoms with Gasteiger partial charge in [0.15, 0.2) is 0 Å². The highest BCUT2D eigenvalue weighted by Crippen LogP contribution is 2.40. The normalized spacial score (nSPS) is 12.2. The SMILES string of the molecule is CCCCCCCCCCCCCCCC(=O)OC[C@H](O)COC(c1ccccc1)(c1ccccc1)c1ccccc1. The number of carbonyl (C=O) groups is 1. The first kappa shape index (κ1) is 33.6. The minimum atomic E-state index is -0.934. The molecular weight excluding hydrogens is 520 g/mol. The maximum Gasteiger partial charge on any atom is 0.305 e. The van der Waals surface area contributed by atoms with Crippen molar-refractivity contribution in [1.29, 1.82) is 0 Å². The number of hydrogen-bond acceptors (Lipinski definition) is 4. The van der Waals surface area contributed by atoms with Gasteiger partial charge in [0.2, 0.25) is 0 Å². The second kappa shape index (κ2) is 20.0. The summed E-state index contributed by atoms with van der Waals surface area (Å²) < 4.78 is 12.0. The van der Waals surface area contributed by atoms with Crippen LogP contribution in [0.25, 0.3) is 0 Å². The predicted octanol–water partition coefficient (Wildman–Crippen LogP) is 9.38. The summed E-state index contributed by atoms with van der Waals surface area (Å²) >= 11 is 0. The molecule has 0 unspecified atom stereocenters. The third-order valence-electron chi connectivity index (χ3n) is 7.95. The molecule has 0 bridgehead atoms. The van der Waals surface area contributed by atoms with Crippen molar-refractivity contribution >= 4 is 5.97 Å². The van der Waals surface area contributed by atoms with Crippen molar-refractivity contribution in [1.82, 2.24) is 0 Å². The van der Waals surface area contributed by atoms with Gasteiger partial charge in [0.25, 0.3) is 0 Å². The molecule has 0 spiro atoms. The summed E-state index contributed by atoms with van der Waals surface area (Å²) in [4.78, 5) is 12.3. The van der Waals surface area contributed by atoms with E-state index in [1.54, 1.807) is 0 Å². The minimum absolute atomic E-state index is 0.0186. The standard InChI is InChI=1S/C38H52O4/c1-2-3-4-5-6-7-8-9-10-11-12-13-23-30-37(40)41-31-36(39)32-42-38(33-24-17-14-18-25-33,34-26-19-15-20-27-34)35-28-21-16-22-29-35/h14-22,24-29,36,39H,2-13,23,30-32H2,1H3/t36-/m0/s1. The van der Waals surface area contributed by atoms with Gasteiger partial charge in [-0.3, -0.25) is 4.79 Å². The maximum atomic E-state index is 12.3. The lowest BCUT2D eigenvalue weighted by atomic mass is 9.80. The Balaban J connectivity index is 1.40. The number of rotatable bonds is 22. The Morgan fingerprint density at radius 3 is 1.38 bits per heavy atom. The average Bonchev–Trinajstić information content (AvgIpc) is 3.04. The van der Waals surface area contributed by atoms with Gasteiger partial charge >= 0.3 is 5.97 Å². The molecule has 0 aliphatic rings. The van der Waals surface area contributed by atoms with E-state index in [1.165, 1.54) is 70.6 Å². The molecule has 4 heteroatoms. The molecule has 228 valence electrons. The molecule has 1 atom stereocenters. The predicted molar refractivity (Wildman–Crippen MR) is 172 cm³/mol. The van der Waals surface area contributed by atoms with Crippen LogP contribution in [0.1, 0.15) is 114 Å². The molecule has 0 saturated carbocycles. The van der Waals surface area contributed by atoms with E-state index in [-0.39, 0.29) is 19.2 Å². The number of hydrogen-bond donors (Lipinski definition) is 1. The first-order valence-corrected chi connectivity index (χ1v) is 16.3. The monoisotopic (exact) mass is 572 g/mol. The Hall–Kier alpha value is -2.95. The molecule has 0 aliphatic heterocycles. The molecule has 0 aliphatic carbocycles. The fourth-order valence-corrected chi connectivity index (χ4v) is 5.59. The summed E-state index contributed by atoms with van der Waals surface area (Å²) in [5.74, 6) is -0.252. The lowest BCUT2D eigenvalue weighted by Gasteiger charge is -2.36. The molecule has 0 saturated heterocycles. The van der Waals surface area contributed by atoms with E-state index in [2.05, 4.69) is 6.92 Å². The zero-order valence-corrected chi connectivity index (χ0v) is 25.7. The van der Waals surface area contributed by atoms with E-state index in [0.29, 0.717) is 6.42 Å². The molecule has 0 fully saturated rings. The van der Waals surface area contributed by atoms with Gasteiger partial charge in [-0.05, 0) is 23.1 Å². The fraction of sp³-hybridized carbons (Fsp3) is 0.500. The Labute approximate surface area is 254 Å². The quantitative estimate of drug-likeness (QED) is 0.0740. The zero-order chi connectivity index (χ0) is 29.7. The minimum Gasteiger partial charge on any atom is -0.463 e. The number of esters is 1. The highest BCUT2D eigenvalue weighted by atomic mass is 16.6. The van der Waals surface area contributed by atoms with Gasteiger partial charge in [0.1, 0.15) is 18.3 Å². The largest absolute Gasteiger partial charge is 0.463 e. The molecule has 3 rings (SSSR count). The number of ether oxygens (including phenoxy) is 2. The lowest BCUT2D eigenvalue weighted by molar-refractivity contribution is -0.149. The maximum absolute atomic E-state index is 12.3. The number of benzene rings is 3. The number of unbranched alkanes of at least 4 members (excludes halogenated alkanes) is 12. The van der Waals surface area contributed by atoms with Crippen LogP contribution in [0.15, 0.2) is 91.0 Å². The average molecular weight is 573 g/mol. The Morgan fingerprint density at radius 2 is 0.976 bits per heavy atom. The van der Waals surface area contributed by atoms with Gasteiger partial charge in [-0.25, -0.2) is 0 Å². The number of carbonyl (C=O) groups excluding carboxylic acids is 1.